The molecule has 4 rings (SSSR count). The minimum absolute atomic E-state index is 0.109. The first kappa shape index (κ1) is 22.1. The Kier molecular flexibility index (Phi) is 6.34. The standard InChI is InChI=1S/C24H21NO5S2/c1-32(28,29)19-13-11-18(12-14-19)24(27)30-15-23(26)25-20-9-5-6-10-22(20)31-16-21(25)17-7-3-2-4-8-17/h2-14,21H,15-16H2,1H3/t21-/m1/s1. The van der Waals surface area contributed by atoms with E-state index in [1.165, 1.54) is 24.3 Å². The number of carbonyl (C=O) groups is 2. The van der Waals surface area contributed by atoms with Gasteiger partial charge >= 0.3 is 5.97 Å². The third kappa shape index (κ3) is 4.71. The number of thioether (sulfide) groups is 1. The van der Waals surface area contributed by atoms with Crippen LogP contribution in [0.3, 0.4) is 0 Å². The van der Waals surface area contributed by atoms with Crippen LogP contribution in [0.2, 0.25) is 0 Å². The molecule has 1 heterocycles. The van der Waals surface area contributed by atoms with Crippen molar-refractivity contribution in [3.63, 3.8) is 0 Å². The molecule has 0 bridgehead atoms. The fourth-order valence-corrected chi connectivity index (χ4v) is 5.33. The maximum atomic E-state index is 13.2. The van der Waals surface area contributed by atoms with Crippen molar-refractivity contribution < 1.29 is 22.7 Å². The van der Waals surface area contributed by atoms with Gasteiger partial charge in [0.1, 0.15) is 0 Å². The van der Waals surface area contributed by atoms with E-state index in [4.69, 9.17) is 4.74 Å². The van der Waals surface area contributed by atoms with Crippen molar-refractivity contribution in [1.29, 1.82) is 0 Å². The summed E-state index contributed by atoms with van der Waals surface area (Å²) in [6, 6.07) is 22.7. The lowest BCUT2D eigenvalue weighted by molar-refractivity contribution is -0.122. The molecule has 1 aliphatic rings. The molecule has 32 heavy (non-hydrogen) atoms. The van der Waals surface area contributed by atoms with Crippen molar-refractivity contribution in [1.82, 2.24) is 0 Å². The second kappa shape index (κ2) is 9.18. The van der Waals surface area contributed by atoms with Crippen LogP contribution in [0.5, 0.6) is 0 Å². The van der Waals surface area contributed by atoms with Gasteiger partial charge in [-0.15, -0.1) is 11.8 Å². The number of anilines is 1. The summed E-state index contributed by atoms with van der Waals surface area (Å²) in [6.07, 6.45) is 1.09. The second-order valence-corrected chi connectivity index (χ2v) is 10.4. The topological polar surface area (TPSA) is 80.7 Å². The van der Waals surface area contributed by atoms with Crippen LogP contribution >= 0.6 is 11.8 Å². The van der Waals surface area contributed by atoms with Crippen molar-refractivity contribution in [3.8, 4) is 0 Å². The van der Waals surface area contributed by atoms with Gasteiger partial charge in [0.15, 0.2) is 16.4 Å². The number of nitrogens with zero attached hydrogens (tertiary/aromatic N) is 1. The quantitative estimate of drug-likeness (QED) is 0.525. The van der Waals surface area contributed by atoms with Crippen molar-refractivity contribution in [2.75, 3.05) is 23.5 Å². The van der Waals surface area contributed by atoms with Gasteiger partial charge in [-0.2, -0.15) is 0 Å². The highest BCUT2D eigenvalue weighted by Gasteiger charge is 2.33. The molecule has 6 nitrogen and oxygen atoms in total. The summed E-state index contributed by atoms with van der Waals surface area (Å²) < 4.78 is 28.5. The number of hydrogen-bond donors (Lipinski definition) is 0. The zero-order valence-corrected chi connectivity index (χ0v) is 18.9. The molecule has 1 aliphatic heterocycles. The molecule has 0 aliphatic carbocycles. The Balaban J connectivity index is 1.53. The SMILES string of the molecule is CS(=O)(=O)c1ccc(C(=O)OCC(=O)N2c3ccccc3SC[C@@H]2c2ccccc2)cc1. The van der Waals surface area contributed by atoms with Crippen molar-refractivity contribution in [3.05, 3.63) is 90.0 Å². The van der Waals surface area contributed by atoms with Gasteiger partial charge in [-0.25, -0.2) is 13.2 Å². The molecule has 0 spiro atoms. The molecule has 0 N–H and O–H groups in total. The van der Waals surface area contributed by atoms with E-state index in [0.717, 1.165) is 22.4 Å². The van der Waals surface area contributed by atoms with Gasteiger partial charge in [-0.3, -0.25) is 9.69 Å². The predicted molar refractivity (Wildman–Crippen MR) is 124 cm³/mol. The number of para-hydroxylation sites is 1. The average molecular weight is 468 g/mol. The Morgan fingerprint density at radius 2 is 1.62 bits per heavy atom. The number of hydrogen-bond acceptors (Lipinski definition) is 6. The lowest BCUT2D eigenvalue weighted by Crippen LogP contribution is -2.41. The molecule has 3 aromatic rings. The minimum atomic E-state index is -3.36. The number of carbonyl (C=O) groups excluding carboxylic acids is 2. The van der Waals surface area contributed by atoms with Crippen LogP contribution in [0, 0.1) is 0 Å². The number of ether oxygens (including phenoxy) is 1. The third-order valence-corrected chi connectivity index (χ3v) is 7.40. The van der Waals surface area contributed by atoms with Gasteiger partial charge in [-0.05, 0) is 42.0 Å². The molecular formula is C24H21NO5S2. The van der Waals surface area contributed by atoms with E-state index < -0.39 is 22.4 Å². The lowest BCUT2D eigenvalue weighted by atomic mass is 10.1. The molecular weight excluding hydrogens is 446 g/mol. The Morgan fingerprint density at radius 3 is 2.31 bits per heavy atom. The highest BCUT2D eigenvalue weighted by atomic mass is 32.2. The normalized spacial score (nSPS) is 15.7. The minimum Gasteiger partial charge on any atom is -0.452 e. The number of fused-ring (bicyclic) bond motifs is 1. The lowest BCUT2D eigenvalue weighted by Gasteiger charge is -2.37. The first-order chi connectivity index (χ1) is 15.3. The largest absolute Gasteiger partial charge is 0.452 e. The fraction of sp³-hybridized carbons (Fsp3) is 0.167. The second-order valence-electron chi connectivity index (χ2n) is 7.34. The number of rotatable bonds is 5. The van der Waals surface area contributed by atoms with Crippen LogP contribution in [-0.4, -0.2) is 38.9 Å². The molecule has 1 atom stereocenters. The van der Waals surface area contributed by atoms with Crippen LogP contribution in [-0.2, 0) is 19.4 Å². The maximum Gasteiger partial charge on any atom is 0.338 e. The molecule has 0 unspecified atom stereocenters. The maximum absolute atomic E-state index is 13.2. The Hall–Kier alpha value is -3.10. The van der Waals surface area contributed by atoms with Crippen molar-refractivity contribution in [2.24, 2.45) is 0 Å². The number of sulfone groups is 1. The van der Waals surface area contributed by atoms with Crippen LogP contribution in [0.15, 0.2) is 88.7 Å². The summed E-state index contributed by atoms with van der Waals surface area (Å²) in [5.74, 6) is -0.324. The van der Waals surface area contributed by atoms with E-state index in [1.54, 1.807) is 16.7 Å². The molecule has 0 saturated heterocycles. The molecule has 0 radical (unpaired) electrons. The number of esters is 1. The summed E-state index contributed by atoms with van der Waals surface area (Å²) in [5, 5.41) is 0. The predicted octanol–water partition coefficient (Wildman–Crippen LogP) is 4.13. The van der Waals surface area contributed by atoms with E-state index in [-0.39, 0.29) is 22.4 Å². The molecule has 3 aromatic carbocycles. The van der Waals surface area contributed by atoms with Crippen molar-refractivity contribution >= 4 is 39.2 Å². The van der Waals surface area contributed by atoms with Gasteiger partial charge in [0.2, 0.25) is 0 Å². The van der Waals surface area contributed by atoms with Gasteiger partial charge < -0.3 is 4.74 Å². The Morgan fingerprint density at radius 1 is 0.969 bits per heavy atom. The molecule has 0 saturated carbocycles. The van der Waals surface area contributed by atoms with Crippen molar-refractivity contribution in [2.45, 2.75) is 15.8 Å². The Bertz CT molecular complexity index is 1240. The number of benzene rings is 3. The fourth-order valence-electron chi connectivity index (χ4n) is 3.54. The highest BCUT2D eigenvalue weighted by Crippen LogP contribution is 2.43. The molecule has 0 aromatic heterocycles. The van der Waals surface area contributed by atoms with Gasteiger partial charge in [0.05, 0.1) is 22.2 Å². The zero-order valence-electron chi connectivity index (χ0n) is 17.3. The molecule has 164 valence electrons. The van der Waals surface area contributed by atoms with Crippen LogP contribution in [0.4, 0.5) is 5.69 Å². The summed E-state index contributed by atoms with van der Waals surface area (Å²) in [7, 11) is -3.36. The monoisotopic (exact) mass is 467 g/mol. The first-order valence-corrected chi connectivity index (χ1v) is 12.8. The summed E-state index contributed by atoms with van der Waals surface area (Å²) in [6.45, 7) is -0.422. The van der Waals surface area contributed by atoms with Crippen LogP contribution in [0.1, 0.15) is 22.0 Å². The van der Waals surface area contributed by atoms with Gasteiger partial charge in [0, 0.05) is 16.9 Å². The van der Waals surface area contributed by atoms with E-state index >= 15 is 0 Å². The molecule has 0 fully saturated rings. The first-order valence-electron chi connectivity index (χ1n) is 9.90. The van der Waals surface area contributed by atoms with E-state index in [1.807, 2.05) is 54.6 Å². The van der Waals surface area contributed by atoms with Crippen LogP contribution < -0.4 is 4.90 Å². The summed E-state index contributed by atoms with van der Waals surface area (Å²) >= 11 is 1.69. The smallest absolute Gasteiger partial charge is 0.338 e. The van der Waals surface area contributed by atoms with Gasteiger partial charge in [0.25, 0.3) is 5.91 Å². The van der Waals surface area contributed by atoms with E-state index in [9.17, 15) is 18.0 Å². The average Bonchev–Trinajstić information content (AvgIpc) is 2.81. The third-order valence-electron chi connectivity index (χ3n) is 5.13. The van der Waals surface area contributed by atoms with Crippen LogP contribution in [0.25, 0.3) is 0 Å². The Labute approximate surface area is 191 Å². The van der Waals surface area contributed by atoms with E-state index in [0.29, 0.717) is 5.75 Å². The highest BCUT2D eigenvalue weighted by molar-refractivity contribution is 7.99. The molecule has 8 heteroatoms. The number of amides is 1. The summed E-state index contributed by atoms with van der Waals surface area (Å²) in [5.41, 5.74) is 1.97. The van der Waals surface area contributed by atoms with Gasteiger partial charge in [-0.1, -0.05) is 42.5 Å². The van der Waals surface area contributed by atoms with E-state index in [2.05, 4.69) is 0 Å². The summed E-state index contributed by atoms with van der Waals surface area (Å²) in [4.78, 5) is 28.5. The zero-order chi connectivity index (χ0) is 22.7. The molecule has 1 amide bonds.